The van der Waals surface area contributed by atoms with E-state index < -0.39 is 0 Å². The first kappa shape index (κ1) is 10.6. The Morgan fingerprint density at radius 3 is 2.56 bits per heavy atom. The van der Waals surface area contributed by atoms with Crippen LogP contribution >= 0.6 is 0 Å². The van der Waals surface area contributed by atoms with Crippen molar-refractivity contribution in [3.05, 3.63) is 36.7 Å². The molecule has 0 bridgehead atoms. The molecule has 0 fully saturated rings. The van der Waals surface area contributed by atoms with E-state index in [1.54, 1.807) is 12.1 Å². The first-order valence-corrected chi connectivity index (χ1v) is 5.34. The highest BCUT2D eigenvalue weighted by atomic mass is 16.3. The number of rotatable bonds is 2. The average Bonchev–Trinajstić information content (AvgIpc) is 2.60. The predicted octanol–water partition coefficient (Wildman–Crippen LogP) is 3.02. The molecule has 1 aromatic carbocycles. The Kier molecular flexibility index (Phi) is 2.60. The molecule has 0 unspecified atom stereocenters. The van der Waals surface area contributed by atoms with Crippen LogP contribution in [0.25, 0.3) is 11.1 Å². The monoisotopic (exact) mass is 216 g/mol. The molecule has 0 spiro atoms. The number of aromatic hydroxyl groups is 1. The van der Waals surface area contributed by atoms with Gasteiger partial charge >= 0.3 is 0 Å². The Morgan fingerprint density at radius 2 is 2.00 bits per heavy atom. The van der Waals surface area contributed by atoms with Gasteiger partial charge in [0.05, 0.1) is 5.69 Å². The van der Waals surface area contributed by atoms with Gasteiger partial charge in [0, 0.05) is 24.0 Å². The minimum Gasteiger partial charge on any atom is -0.508 e. The van der Waals surface area contributed by atoms with E-state index in [0.29, 0.717) is 6.04 Å². The first-order valence-electron chi connectivity index (χ1n) is 5.34. The highest BCUT2D eigenvalue weighted by Crippen LogP contribution is 2.30. The predicted molar refractivity (Wildman–Crippen MR) is 66.3 cm³/mol. The molecular weight excluding hydrogens is 200 g/mol. The number of nitrogen functional groups attached to an aromatic ring is 1. The number of phenolic OH excluding ortho intramolecular Hbond substituents is 1. The Bertz CT molecular complexity index is 500. The minimum atomic E-state index is 0.259. The Labute approximate surface area is 95.1 Å². The number of nitrogens with two attached hydrogens (primary N) is 1. The zero-order chi connectivity index (χ0) is 11.7. The zero-order valence-corrected chi connectivity index (χ0v) is 9.51. The van der Waals surface area contributed by atoms with Crippen molar-refractivity contribution < 1.29 is 5.11 Å². The van der Waals surface area contributed by atoms with Crippen molar-refractivity contribution in [2.75, 3.05) is 5.73 Å². The number of benzene rings is 1. The van der Waals surface area contributed by atoms with E-state index in [2.05, 4.69) is 18.4 Å². The van der Waals surface area contributed by atoms with Gasteiger partial charge in [0.2, 0.25) is 0 Å². The summed E-state index contributed by atoms with van der Waals surface area (Å²) in [7, 11) is 0. The van der Waals surface area contributed by atoms with Crippen LogP contribution in [0, 0.1) is 0 Å². The SMILES string of the molecule is CC(C)n1cc(N)c(-c2cccc(O)c2)c1. The van der Waals surface area contributed by atoms with E-state index >= 15 is 0 Å². The summed E-state index contributed by atoms with van der Waals surface area (Å²) in [6, 6.07) is 7.51. The molecule has 0 saturated heterocycles. The molecule has 3 nitrogen and oxygen atoms in total. The third-order valence-corrected chi connectivity index (χ3v) is 2.63. The minimum absolute atomic E-state index is 0.259. The third-order valence-electron chi connectivity index (χ3n) is 2.63. The third kappa shape index (κ3) is 1.89. The van der Waals surface area contributed by atoms with Crippen molar-refractivity contribution in [2.24, 2.45) is 0 Å². The van der Waals surface area contributed by atoms with E-state index in [4.69, 9.17) is 5.73 Å². The van der Waals surface area contributed by atoms with Crippen molar-refractivity contribution in [1.82, 2.24) is 4.57 Å². The van der Waals surface area contributed by atoms with E-state index in [9.17, 15) is 5.11 Å². The van der Waals surface area contributed by atoms with Gasteiger partial charge in [-0.15, -0.1) is 0 Å². The number of phenols is 1. The fraction of sp³-hybridized carbons (Fsp3) is 0.231. The first-order chi connectivity index (χ1) is 7.58. The molecule has 0 saturated carbocycles. The van der Waals surface area contributed by atoms with Gasteiger partial charge in [0.25, 0.3) is 0 Å². The van der Waals surface area contributed by atoms with Crippen molar-refractivity contribution in [2.45, 2.75) is 19.9 Å². The van der Waals surface area contributed by atoms with Gasteiger partial charge < -0.3 is 15.4 Å². The molecule has 0 aliphatic heterocycles. The fourth-order valence-corrected chi connectivity index (χ4v) is 1.70. The van der Waals surface area contributed by atoms with Crippen LogP contribution in [-0.2, 0) is 0 Å². The van der Waals surface area contributed by atoms with Crippen LogP contribution in [0.1, 0.15) is 19.9 Å². The Hall–Kier alpha value is -1.90. The fourth-order valence-electron chi connectivity index (χ4n) is 1.70. The summed E-state index contributed by atoms with van der Waals surface area (Å²) >= 11 is 0. The maximum absolute atomic E-state index is 9.43. The zero-order valence-electron chi connectivity index (χ0n) is 9.51. The van der Waals surface area contributed by atoms with Gasteiger partial charge in [-0.3, -0.25) is 0 Å². The summed E-state index contributed by atoms with van der Waals surface area (Å²) in [5.41, 5.74) is 8.60. The van der Waals surface area contributed by atoms with Crippen molar-refractivity contribution in [3.8, 4) is 16.9 Å². The molecule has 2 aromatic rings. The summed E-state index contributed by atoms with van der Waals surface area (Å²) in [5, 5.41) is 9.43. The molecule has 0 aliphatic rings. The van der Waals surface area contributed by atoms with E-state index in [-0.39, 0.29) is 5.75 Å². The largest absolute Gasteiger partial charge is 0.508 e. The lowest BCUT2D eigenvalue weighted by Gasteiger charge is -2.05. The summed E-state index contributed by atoms with van der Waals surface area (Å²) in [6.45, 7) is 4.21. The maximum Gasteiger partial charge on any atom is 0.116 e. The van der Waals surface area contributed by atoms with E-state index in [1.165, 1.54) is 0 Å². The quantitative estimate of drug-likeness (QED) is 0.810. The highest BCUT2D eigenvalue weighted by molar-refractivity contribution is 5.76. The molecule has 1 aromatic heterocycles. The molecule has 0 amide bonds. The number of anilines is 1. The molecule has 2 rings (SSSR count). The highest BCUT2D eigenvalue weighted by Gasteiger charge is 2.08. The number of nitrogens with zero attached hydrogens (tertiary/aromatic N) is 1. The van der Waals surface area contributed by atoms with Gasteiger partial charge in [-0.2, -0.15) is 0 Å². The molecule has 16 heavy (non-hydrogen) atoms. The Morgan fingerprint density at radius 1 is 1.25 bits per heavy atom. The standard InChI is InChI=1S/C13H16N2O/c1-9(2)15-7-12(13(14)8-15)10-4-3-5-11(16)6-10/h3-9,16H,14H2,1-2H3. The summed E-state index contributed by atoms with van der Waals surface area (Å²) in [6.07, 6.45) is 3.93. The molecule has 3 N–H and O–H groups in total. The smallest absolute Gasteiger partial charge is 0.116 e. The van der Waals surface area contributed by atoms with Gasteiger partial charge in [-0.05, 0) is 31.5 Å². The van der Waals surface area contributed by atoms with Crippen LogP contribution in [0.15, 0.2) is 36.7 Å². The number of hydrogen-bond acceptors (Lipinski definition) is 2. The topological polar surface area (TPSA) is 51.2 Å². The summed E-state index contributed by atoms with van der Waals surface area (Å²) in [4.78, 5) is 0. The van der Waals surface area contributed by atoms with Crippen molar-refractivity contribution in [3.63, 3.8) is 0 Å². The van der Waals surface area contributed by atoms with Gasteiger partial charge in [-0.25, -0.2) is 0 Å². The molecule has 0 radical (unpaired) electrons. The van der Waals surface area contributed by atoms with Gasteiger partial charge in [-0.1, -0.05) is 12.1 Å². The van der Waals surface area contributed by atoms with Gasteiger partial charge in [0.15, 0.2) is 0 Å². The lowest BCUT2D eigenvalue weighted by molar-refractivity contribution is 0.475. The van der Waals surface area contributed by atoms with E-state index in [1.807, 2.05) is 24.5 Å². The molecule has 84 valence electrons. The van der Waals surface area contributed by atoms with Crippen LogP contribution in [0.5, 0.6) is 5.75 Å². The second-order valence-corrected chi connectivity index (χ2v) is 4.22. The second kappa shape index (κ2) is 3.93. The molecule has 1 heterocycles. The maximum atomic E-state index is 9.43. The van der Waals surface area contributed by atoms with Crippen LogP contribution in [0.3, 0.4) is 0 Å². The molecule has 0 atom stereocenters. The average molecular weight is 216 g/mol. The van der Waals surface area contributed by atoms with Gasteiger partial charge in [0.1, 0.15) is 5.75 Å². The van der Waals surface area contributed by atoms with Crippen molar-refractivity contribution >= 4 is 5.69 Å². The van der Waals surface area contributed by atoms with E-state index in [0.717, 1.165) is 16.8 Å². The van der Waals surface area contributed by atoms with Crippen LogP contribution in [0.2, 0.25) is 0 Å². The molecule has 3 heteroatoms. The number of aromatic nitrogens is 1. The van der Waals surface area contributed by atoms with Crippen LogP contribution in [-0.4, -0.2) is 9.67 Å². The Balaban J connectivity index is 2.48. The summed E-state index contributed by atoms with van der Waals surface area (Å²) in [5.74, 6) is 0.259. The second-order valence-electron chi connectivity index (χ2n) is 4.22. The molecule has 0 aliphatic carbocycles. The molecular formula is C13H16N2O. The number of hydrogen-bond donors (Lipinski definition) is 2. The lowest BCUT2D eigenvalue weighted by Crippen LogP contribution is -1.95. The van der Waals surface area contributed by atoms with Crippen LogP contribution in [0.4, 0.5) is 5.69 Å². The summed E-state index contributed by atoms with van der Waals surface area (Å²) < 4.78 is 2.06. The van der Waals surface area contributed by atoms with Crippen LogP contribution < -0.4 is 5.73 Å². The van der Waals surface area contributed by atoms with Crippen molar-refractivity contribution in [1.29, 1.82) is 0 Å². The normalized spacial score (nSPS) is 10.9. The lowest BCUT2D eigenvalue weighted by atomic mass is 10.1.